The lowest BCUT2D eigenvalue weighted by Crippen LogP contribution is -2.35. The van der Waals surface area contributed by atoms with Crippen molar-refractivity contribution in [2.75, 3.05) is 18.1 Å². The summed E-state index contributed by atoms with van der Waals surface area (Å²) in [5, 5.41) is 6.61. The number of hydrogen-bond donors (Lipinski definition) is 3. The van der Waals surface area contributed by atoms with Gasteiger partial charge in [-0.05, 0) is 31.2 Å². The second kappa shape index (κ2) is 4.91. The van der Waals surface area contributed by atoms with Crippen molar-refractivity contribution in [3.63, 3.8) is 0 Å². The van der Waals surface area contributed by atoms with Crippen molar-refractivity contribution >= 4 is 28.2 Å². The number of hydrogen-bond acceptors (Lipinski definition) is 4. The van der Waals surface area contributed by atoms with Crippen LogP contribution in [0, 0.1) is 0 Å². The summed E-state index contributed by atoms with van der Waals surface area (Å²) in [4.78, 5) is 15.8. The second-order valence-corrected chi connectivity index (χ2v) is 4.08. The third-order valence-electron chi connectivity index (χ3n) is 2.82. The molecule has 1 amide bonds. The van der Waals surface area contributed by atoms with Gasteiger partial charge < -0.3 is 16.4 Å². The van der Waals surface area contributed by atoms with E-state index in [-0.39, 0.29) is 11.9 Å². The number of carbonyl (C=O) groups is 1. The lowest BCUT2D eigenvalue weighted by molar-refractivity contribution is -0.121. The predicted molar refractivity (Wildman–Crippen MR) is 73.3 cm³/mol. The molecule has 0 radical (unpaired) electrons. The van der Waals surface area contributed by atoms with Crippen molar-refractivity contribution in [3.05, 3.63) is 30.5 Å². The van der Waals surface area contributed by atoms with E-state index in [0.29, 0.717) is 5.69 Å². The highest BCUT2D eigenvalue weighted by atomic mass is 16.2. The molecule has 1 aromatic heterocycles. The van der Waals surface area contributed by atoms with Crippen molar-refractivity contribution < 1.29 is 4.79 Å². The first kappa shape index (κ1) is 12.2. The van der Waals surface area contributed by atoms with Crippen LogP contribution < -0.4 is 16.4 Å². The Morgan fingerprint density at radius 3 is 2.89 bits per heavy atom. The van der Waals surface area contributed by atoms with Gasteiger partial charge in [-0.15, -0.1) is 0 Å². The Morgan fingerprint density at radius 2 is 2.17 bits per heavy atom. The van der Waals surface area contributed by atoms with E-state index in [1.165, 1.54) is 0 Å². The third kappa shape index (κ3) is 2.20. The fraction of sp³-hybridized carbons (Fsp3) is 0.231. The third-order valence-corrected chi connectivity index (χ3v) is 2.82. The number of nitrogens with two attached hydrogens (primary N) is 1. The summed E-state index contributed by atoms with van der Waals surface area (Å²) in [6.07, 6.45) is 1.71. The number of nitrogen functional groups attached to an aromatic ring is 1. The molecule has 0 saturated heterocycles. The number of rotatable bonds is 3. The van der Waals surface area contributed by atoms with E-state index >= 15 is 0 Å². The Hall–Kier alpha value is -2.30. The quantitative estimate of drug-likeness (QED) is 0.712. The molecule has 1 aromatic carbocycles. The normalized spacial score (nSPS) is 12.1. The van der Waals surface area contributed by atoms with Crippen LogP contribution in [0.4, 0.5) is 11.4 Å². The number of nitrogens with one attached hydrogen (secondary N) is 2. The maximum atomic E-state index is 11.5. The molecule has 0 bridgehead atoms. The maximum absolute atomic E-state index is 11.5. The predicted octanol–water partition coefficient (Wildman–Crippen LogP) is 1.36. The first-order valence-electron chi connectivity index (χ1n) is 5.75. The lowest BCUT2D eigenvalue weighted by atomic mass is 10.1. The van der Waals surface area contributed by atoms with Crippen molar-refractivity contribution in [2.45, 2.75) is 13.0 Å². The van der Waals surface area contributed by atoms with Crippen LogP contribution >= 0.6 is 0 Å². The van der Waals surface area contributed by atoms with Crippen LogP contribution in [-0.2, 0) is 4.79 Å². The van der Waals surface area contributed by atoms with Crippen molar-refractivity contribution in [1.29, 1.82) is 0 Å². The van der Waals surface area contributed by atoms with Gasteiger partial charge in [-0.25, -0.2) is 0 Å². The van der Waals surface area contributed by atoms with E-state index in [2.05, 4.69) is 15.6 Å². The summed E-state index contributed by atoms with van der Waals surface area (Å²) in [7, 11) is 1.61. The van der Waals surface area contributed by atoms with Crippen LogP contribution in [0.25, 0.3) is 10.9 Å². The zero-order valence-electron chi connectivity index (χ0n) is 10.4. The zero-order valence-corrected chi connectivity index (χ0v) is 10.4. The molecular formula is C13H16N4O. The molecule has 2 rings (SSSR count). The molecule has 0 aliphatic carbocycles. The fourth-order valence-corrected chi connectivity index (χ4v) is 1.83. The van der Waals surface area contributed by atoms with Gasteiger partial charge in [0.2, 0.25) is 5.91 Å². The van der Waals surface area contributed by atoms with Crippen molar-refractivity contribution in [2.24, 2.45) is 0 Å². The minimum atomic E-state index is -0.330. The Balaban J connectivity index is 2.40. The average molecular weight is 244 g/mol. The Labute approximate surface area is 105 Å². The Kier molecular flexibility index (Phi) is 3.32. The summed E-state index contributed by atoms with van der Waals surface area (Å²) in [6, 6.07) is 7.06. The highest BCUT2D eigenvalue weighted by molar-refractivity contribution is 5.99. The molecule has 2 aromatic rings. The smallest absolute Gasteiger partial charge is 0.241 e. The molecule has 18 heavy (non-hydrogen) atoms. The summed E-state index contributed by atoms with van der Waals surface area (Å²) in [5.41, 5.74) is 8.15. The van der Waals surface area contributed by atoms with E-state index in [1.54, 1.807) is 20.2 Å². The van der Waals surface area contributed by atoms with Crippen LogP contribution in [0.3, 0.4) is 0 Å². The van der Waals surface area contributed by atoms with Crippen molar-refractivity contribution in [3.8, 4) is 0 Å². The number of nitrogens with zero attached hydrogens (tertiary/aromatic N) is 1. The van der Waals surface area contributed by atoms with Gasteiger partial charge in [0.05, 0.1) is 11.2 Å². The van der Waals surface area contributed by atoms with Gasteiger partial charge in [0.25, 0.3) is 0 Å². The molecule has 1 unspecified atom stereocenters. The highest BCUT2D eigenvalue weighted by Gasteiger charge is 2.12. The largest absolute Gasteiger partial charge is 0.398 e. The summed E-state index contributed by atoms with van der Waals surface area (Å²) in [6.45, 7) is 1.80. The molecule has 5 heteroatoms. The molecule has 0 aliphatic rings. The summed E-state index contributed by atoms with van der Waals surface area (Å²) in [5.74, 6) is -0.0732. The van der Waals surface area contributed by atoms with Gasteiger partial charge in [-0.3, -0.25) is 9.78 Å². The number of likely N-dealkylation sites (N-methyl/N-ethyl adjacent to an activating group) is 1. The average Bonchev–Trinajstić information content (AvgIpc) is 2.41. The van der Waals surface area contributed by atoms with Gasteiger partial charge in [0, 0.05) is 24.3 Å². The van der Waals surface area contributed by atoms with E-state index in [0.717, 1.165) is 16.6 Å². The Morgan fingerprint density at radius 1 is 1.39 bits per heavy atom. The number of amides is 1. The first-order valence-corrected chi connectivity index (χ1v) is 5.75. The zero-order chi connectivity index (χ0) is 13.1. The molecule has 0 saturated carbocycles. The molecule has 0 aliphatic heterocycles. The van der Waals surface area contributed by atoms with E-state index < -0.39 is 0 Å². The first-order chi connectivity index (χ1) is 8.63. The number of fused-ring (bicyclic) bond motifs is 1. The highest BCUT2D eigenvalue weighted by Crippen LogP contribution is 2.26. The molecule has 5 nitrogen and oxygen atoms in total. The minimum Gasteiger partial charge on any atom is -0.398 e. The van der Waals surface area contributed by atoms with E-state index in [1.807, 2.05) is 24.3 Å². The fourth-order valence-electron chi connectivity index (χ4n) is 1.83. The minimum absolute atomic E-state index is 0.0732. The topological polar surface area (TPSA) is 80.0 Å². The van der Waals surface area contributed by atoms with Crippen LogP contribution in [0.1, 0.15) is 6.92 Å². The van der Waals surface area contributed by atoms with Crippen LogP contribution in [-0.4, -0.2) is 24.0 Å². The van der Waals surface area contributed by atoms with Gasteiger partial charge in [-0.2, -0.15) is 0 Å². The standard InChI is InChI=1S/C13H16N4O/c1-8(13(18)15-2)17-11-6-5-10(14)9-4-3-7-16-12(9)11/h3-8,17H,14H2,1-2H3,(H,15,18). The number of carbonyl (C=O) groups excluding carboxylic acids is 1. The molecule has 0 fully saturated rings. The molecule has 1 atom stereocenters. The van der Waals surface area contributed by atoms with Gasteiger partial charge in [0.1, 0.15) is 6.04 Å². The summed E-state index contributed by atoms with van der Waals surface area (Å²) < 4.78 is 0. The van der Waals surface area contributed by atoms with E-state index in [4.69, 9.17) is 5.73 Å². The van der Waals surface area contributed by atoms with E-state index in [9.17, 15) is 4.79 Å². The number of benzene rings is 1. The molecule has 94 valence electrons. The van der Waals surface area contributed by atoms with Crippen LogP contribution in [0.2, 0.25) is 0 Å². The Bertz CT molecular complexity index is 582. The second-order valence-electron chi connectivity index (χ2n) is 4.08. The molecule has 4 N–H and O–H groups in total. The number of anilines is 2. The van der Waals surface area contributed by atoms with Crippen LogP contribution in [0.15, 0.2) is 30.5 Å². The van der Waals surface area contributed by atoms with Gasteiger partial charge in [-0.1, -0.05) is 0 Å². The SMILES string of the molecule is CNC(=O)C(C)Nc1ccc(N)c2cccnc12. The molecular weight excluding hydrogens is 228 g/mol. The van der Waals surface area contributed by atoms with Gasteiger partial charge in [0.15, 0.2) is 0 Å². The van der Waals surface area contributed by atoms with Crippen LogP contribution in [0.5, 0.6) is 0 Å². The molecule has 1 heterocycles. The van der Waals surface area contributed by atoms with Crippen molar-refractivity contribution in [1.82, 2.24) is 10.3 Å². The van der Waals surface area contributed by atoms with Gasteiger partial charge >= 0.3 is 0 Å². The number of pyridine rings is 1. The molecule has 0 spiro atoms. The summed E-state index contributed by atoms with van der Waals surface area (Å²) >= 11 is 0. The monoisotopic (exact) mass is 244 g/mol. The number of aromatic nitrogens is 1. The lowest BCUT2D eigenvalue weighted by Gasteiger charge is -2.15. The maximum Gasteiger partial charge on any atom is 0.241 e.